The molecule has 0 aliphatic rings. The van der Waals surface area contributed by atoms with Gasteiger partial charge in [0.05, 0.1) is 17.7 Å². The summed E-state index contributed by atoms with van der Waals surface area (Å²) in [7, 11) is 0. The van der Waals surface area contributed by atoms with E-state index in [2.05, 4.69) is 28.5 Å². The Morgan fingerprint density at radius 3 is 2.36 bits per heavy atom. The van der Waals surface area contributed by atoms with E-state index in [0.29, 0.717) is 25.2 Å². The Balaban J connectivity index is 1.32. The Bertz CT molecular complexity index is 1740. The lowest BCUT2D eigenvalue weighted by atomic mass is 10.0. The summed E-state index contributed by atoms with van der Waals surface area (Å²) in [5, 5.41) is 16.4. The maximum absolute atomic E-state index is 13.8. The van der Waals surface area contributed by atoms with Crippen molar-refractivity contribution in [2.24, 2.45) is 5.92 Å². The molecule has 1 aromatic heterocycles. The Kier molecular flexibility index (Phi) is 9.44. The number of fused-ring (bicyclic) bond motifs is 1. The molecule has 4 aromatic carbocycles. The topological polar surface area (TPSA) is 110 Å². The minimum Gasteiger partial charge on any atom is -0.351 e. The van der Waals surface area contributed by atoms with Crippen LogP contribution in [0.5, 0.6) is 0 Å². The van der Waals surface area contributed by atoms with Gasteiger partial charge in [-0.25, -0.2) is 4.98 Å². The number of nitrogens with one attached hydrogen (secondary N) is 1. The molecule has 1 heterocycles. The van der Waals surface area contributed by atoms with Gasteiger partial charge in [-0.1, -0.05) is 86.6 Å². The van der Waals surface area contributed by atoms with E-state index >= 15 is 0 Å². The van der Waals surface area contributed by atoms with Gasteiger partial charge in [0.1, 0.15) is 0 Å². The molecule has 0 spiro atoms. The van der Waals surface area contributed by atoms with Gasteiger partial charge in [-0.3, -0.25) is 19.7 Å². The summed E-state index contributed by atoms with van der Waals surface area (Å²) < 4.78 is 1.86. The molecule has 0 bridgehead atoms. The SMILES string of the molecule is CC(C)[C@@H](CN(Cc1cccc2ccccc12)C(=O)c1ccccc1)NC(=O)Cc1cncn1Cc1ccc([N+](=O)[O-])cc1. The van der Waals surface area contributed by atoms with Crippen LogP contribution in [0.1, 0.15) is 41.0 Å². The zero-order chi connectivity index (χ0) is 31.1. The predicted octanol–water partition coefficient (Wildman–Crippen LogP) is 6.02. The van der Waals surface area contributed by atoms with Crippen LogP contribution in [-0.2, 0) is 24.3 Å². The molecule has 44 heavy (non-hydrogen) atoms. The van der Waals surface area contributed by atoms with Crippen molar-refractivity contribution in [3.63, 3.8) is 0 Å². The van der Waals surface area contributed by atoms with Crippen LogP contribution in [0.3, 0.4) is 0 Å². The number of nitro benzene ring substituents is 1. The molecule has 5 rings (SSSR count). The second kappa shape index (κ2) is 13.8. The van der Waals surface area contributed by atoms with Gasteiger partial charge in [0.25, 0.3) is 11.6 Å². The number of rotatable bonds is 12. The van der Waals surface area contributed by atoms with Gasteiger partial charge in [-0.2, -0.15) is 0 Å². The third-order valence-corrected chi connectivity index (χ3v) is 7.76. The Hall–Kier alpha value is -5.31. The van der Waals surface area contributed by atoms with Crippen molar-refractivity contribution in [1.29, 1.82) is 0 Å². The lowest BCUT2D eigenvalue weighted by molar-refractivity contribution is -0.384. The number of non-ortho nitro benzene ring substituents is 1. The first kappa shape index (κ1) is 30.2. The van der Waals surface area contributed by atoms with Crippen molar-refractivity contribution in [2.75, 3.05) is 6.54 Å². The van der Waals surface area contributed by atoms with E-state index in [1.54, 1.807) is 24.7 Å². The Labute approximate surface area is 256 Å². The molecule has 1 atom stereocenters. The van der Waals surface area contributed by atoms with Crippen LogP contribution in [0.25, 0.3) is 10.8 Å². The fraction of sp³-hybridized carbons (Fsp3) is 0.229. The predicted molar refractivity (Wildman–Crippen MR) is 170 cm³/mol. The van der Waals surface area contributed by atoms with E-state index in [-0.39, 0.29) is 35.9 Å². The van der Waals surface area contributed by atoms with Crippen LogP contribution in [0.2, 0.25) is 0 Å². The number of amides is 2. The largest absolute Gasteiger partial charge is 0.351 e. The number of nitro groups is 1. The van der Waals surface area contributed by atoms with Crippen molar-refractivity contribution in [3.05, 3.63) is 142 Å². The zero-order valence-corrected chi connectivity index (χ0v) is 24.8. The maximum Gasteiger partial charge on any atom is 0.269 e. The molecule has 0 fully saturated rings. The molecule has 0 saturated heterocycles. The molecule has 5 aromatic rings. The molecule has 0 aliphatic heterocycles. The average molecular weight is 590 g/mol. The number of nitrogens with zero attached hydrogens (tertiary/aromatic N) is 4. The molecular formula is C35H35N5O4. The van der Waals surface area contributed by atoms with Crippen LogP contribution in [0.15, 0.2) is 110 Å². The number of benzene rings is 4. The molecule has 0 unspecified atom stereocenters. The van der Waals surface area contributed by atoms with Crippen molar-refractivity contribution in [2.45, 2.75) is 39.4 Å². The smallest absolute Gasteiger partial charge is 0.269 e. The van der Waals surface area contributed by atoms with Crippen LogP contribution in [0.4, 0.5) is 5.69 Å². The van der Waals surface area contributed by atoms with Crippen LogP contribution in [0, 0.1) is 16.0 Å². The molecule has 224 valence electrons. The van der Waals surface area contributed by atoms with Crippen LogP contribution < -0.4 is 5.32 Å². The first-order valence-corrected chi connectivity index (χ1v) is 14.6. The van der Waals surface area contributed by atoms with Crippen molar-refractivity contribution in [3.8, 4) is 0 Å². The second-order valence-electron chi connectivity index (χ2n) is 11.2. The second-order valence-corrected chi connectivity index (χ2v) is 11.2. The molecule has 9 nitrogen and oxygen atoms in total. The summed E-state index contributed by atoms with van der Waals surface area (Å²) in [6, 6.07) is 29.5. The van der Waals surface area contributed by atoms with Crippen molar-refractivity contribution >= 4 is 28.3 Å². The highest BCUT2D eigenvalue weighted by molar-refractivity contribution is 5.94. The number of aromatic nitrogens is 2. The van der Waals surface area contributed by atoms with Crippen LogP contribution in [-0.4, -0.2) is 43.8 Å². The molecule has 0 radical (unpaired) electrons. The number of carbonyl (C=O) groups excluding carboxylic acids is 2. The van der Waals surface area contributed by atoms with Gasteiger partial charge in [0.2, 0.25) is 5.91 Å². The van der Waals surface area contributed by atoms with Gasteiger partial charge < -0.3 is 14.8 Å². The summed E-state index contributed by atoms with van der Waals surface area (Å²) in [6.07, 6.45) is 3.40. The minimum absolute atomic E-state index is 0.0268. The molecular weight excluding hydrogens is 554 g/mol. The number of hydrogen-bond donors (Lipinski definition) is 1. The van der Waals surface area contributed by atoms with E-state index in [1.807, 2.05) is 77.9 Å². The molecule has 9 heteroatoms. The summed E-state index contributed by atoms with van der Waals surface area (Å²) in [5.41, 5.74) is 3.24. The summed E-state index contributed by atoms with van der Waals surface area (Å²) >= 11 is 0. The van der Waals surface area contributed by atoms with E-state index in [4.69, 9.17) is 0 Å². The minimum atomic E-state index is -0.432. The fourth-order valence-corrected chi connectivity index (χ4v) is 5.26. The Morgan fingerprint density at radius 2 is 1.64 bits per heavy atom. The highest BCUT2D eigenvalue weighted by Gasteiger charge is 2.25. The summed E-state index contributed by atoms with van der Waals surface area (Å²) in [6.45, 7) is 5.23. The third-order valence-electron chi connectivity index (χ3n) is 7.76. The van der Waals surface area contributed by atoms with Gasteiger partial charge in [-0.05, 0) is 39.9 Å². The van der Waals surface area contributed by atoms with Crippen molar-refractivity contribution in [1.82, 2.24) is 19.8 Å². The van der Waals surface area contributed by atoms with E-state index < -0.39 is 4.92 Å². The average Bonchev–Trinajstić information content (AvgIpc) is 3.46. The van der Waals surface area contributed by atoms with E-state index in [0.717, 1.165) is 27.6 Å². The maximum atomic E-state index is 13.8. The quantitative estimate of drug-likeness (QED) is 0.141. The zero-order valence-electron chi connectivity index (χ0n) is 24.8. The number of imidazole rings is 1. The number of carbonyl (C=O) groups is 2. The molecule has 0 aliphatic carbocycles. The lowest BCUT2D eigenvalue weighted by Gasteiger charge is -2.31. The normalized spacial score (nSPS) is 11.8. The standard InChI is InChI=1S/C35H35N5O4/c1-25(2)33(37-34(41)19-31-20-36-24-39(31)21-26-15-17-30(18-16-26)40(43)44)23-38(35(42)28-10-4-3-5-11-28)22-29-13-8-12-27-9-6-7-14-32(27)29/h3-18,20,24-25,33H,19,21-23H2,1-2H3,(H,37,41)/t33-/m1/s1. The monoisotopic (exact) mass is 589 g/mol. The highest BCUT2D eigenvalue weighted by Crippen LogP contribution is 2.22. The number of hydrogen-bond acceptors (Lipinski definition) is 5. The Morgan fingerprint density at radius 1 is 0.932 bits per heavy atom. The first-order chi connectivity index (χ1) is 21.3. The molecule has 0 saturated carbocycles. The molecule has 2 amide bonds. The molecule has 1 N–H and O–H groups in total. The van der Waals surface area contributed by atoms with Crippen molar-refractivity contribution < 1.29 is 14.5 Å². The highest BCUT2D eigenvalue weighted by atomic mass is 16.6. The van der Waals surface area contributed by atoms with Crippen LogP contribution >= 0.6 is 0 Å². The van der Waals surface area contributed by atoms with E-state index in [9.17, 15) is 19.7 Å². The summed E-state index contributed by atoms with van der Waals surface area (Å²) in [4.78, 5) is 43.8. The fourth-order valence-electron chi connectivity index (χ4n) is 5.26. The lowest BCUT2D eigenvalue weighted by Crippen LogP contribution is -2.48. The van der Waals surface area contributed by atoms with Gasteiger partial charge in [0.15, 0.2) is 0 Å². The van der Waals surface area contributed by atoms with E-state index in [1.165, 1.54) is 12.1 Å². The van der Waals surface area contributed by atoms with Gasteiger partial charge >= 0.3 is 0 Å². The van der Waals surface area contributed by atoms with Gasteiger partial charge in [-0.15, -0.1) is 0 Å². The van der Waals surface area contributed by atoms with Gasteiger partial charge in [0, 0.05) is 55.3 Å². The first-order valence-electron chi connectivity index (χ1n) is 14.6. The summed E-state index contributed by atoms with van der Waals surface area (Å²) in [5.74, 6) is -0.214. The third kappa shape index (κ3) is 7.36.